The summed E-state index contributed by atoms with van der Waals surface area (Å²) in [7, 11) is 0. The molecule has 0 aliphatic heterocycles. The van der Waals surface area contributed by atoms with Crippen molar-refractivity contribution in [3.05, 3.63) is 58.8 Å². The highest BCUT2D eigenvalue weighted by molar-refractivity contribution is 9.10. The fourth-order valence-corrected chi connectivity index (χ4v) is 1.98. The Morgan fingerprint density at radius 3 is 2.46 bits per heavy atom. The lowest BCUT2D eigenvalue weighted by Gasteiger charge is -2.13. The van der Waals surface area contributed by atoms with Crippen molar-refractivity contribution in [3.63, 3.8) is 0 Å². The lowest BCUT2D eigenvalue weighted by molar-refractivity contribution is -0.127. The Morgan fingerprint density at radius 2 is 1.79 bits per heavy atom. The van der Waals surface area contributed by atoms with Crippen LogP contribution in [0, 0.1) is 5.82 Å². The Kier molecular flexibility index (Phi) is 6.25. The van der Waals surface area contributed by atoms with Gasteiger partial charge in [0, 0.05) is 4.47 Å². The number of carbonyl (C=O) groups is 2. The standard InChI is InChI=1S/C16H13BrF2N2O3/c17-11-5-7-12(8-6-11)24-10-15(22)20-9-16(23)21(19)14-4-2-1-3-13(14)18/h1-8H,9-10H2,(H,20,22). The van der Waals surface area contributed by atoms with Gasteiger partial charge in [-0.3, -0.25) is 9.59 Å². The van der Waals surface area contributed by atoms with Crippen LogP contribution >= 0.6 is 15.9 Å². The molecule has 0 radical (unpaired) electrons. The van der Waals surface area contributed by atoms with E-state index in [1.54, 1.807) is 24.3 Å². The Hall–Kier alpha value is -2.48. The molecule has 0 spiro atoms. The molecule has 5 nitrogen and oxygen atoms in total. The molecule has 126 valence electrons. The summed E-state index contributed by atoms with van der Waals surface area (Å²) in [6.07, 6.45) is 0. The molecule has 1 N–H and O–H groups in total. The minimum absolute atomic E-state index is 0.332. The van der Waals surface area contributed by atoms with Crippen LogP contribution in [0.1, 0.15) is 0 Å². The molecule has 0 heterocycles. The second kappa shape index (κ2) is 8.39. The van der Waals surface area contributed by atoms with Gasteiger partial charge in [-0.15, -0.1) is 5.12 Å². The number of nitrogens with one attached hydrogen (secondary N) is 1. The van der Waals surface area contributed by atoms with Crippen molar-refractivity contribution in [1.82, 2.24) is 5.32 Å². The molecular formula is C16H13BrF2N2O3. The summed E-state index contributed by atoms with van der Waals surface area (Å²) in [4.78, 5) is 23.2. The molecule has 0 saturated heterocycles. The maximum Gasteiger partial charge on any atom is 0.274 e. The van der Waals surface area contributed by atoms with Crippen molar-refractivity contribution < 1.29 is 23.2 Å². The van der Waals surface area contributed by atoms with Gasteiger partial charge in [-0.2, -0.15) is 0 Å². The molecule has 0 aliphatic rings. The maximum absolute atomic E-state index is 13.8. The zero-order valence-corrected chi connectivity index (χ0v) is 13.9. The van der Waals surface area contributed by atoms with Crippen LogP contribution in [0.4, 0.5) is 14.6 Å². The first-order valence-electron chi connectivity index (χ1n) is 6.85. The van der Waals surface area contributed by atoms with Crippen LogP contribution in [-0.2, 0) is 9.59 Å². The van der Waals surface area contributed by atoms with Gasteiger partial charge in [0.25, 0.3) is 11.8 Å². The Morgan fingerprint density at radius 1 is 1.12 bits per heavy atom. The average Bonchev–Trinajstić information content (AvgIpc) is 2.59. The minimum Gasteiger partial charge on any atom is -0.484 e. The first-order chi connectivity index (χ1) is 11.5. The van der Waals surface area contributed by atoms with Crippen LogP contribution in [0.15, 0.2) is 53.0 Å². The summed E-state index contributed by atoms with van der Waals surface area (Å²) in [5.41, 5.74) is -0.511. The van der Waals surface area contributed by atoms with Crippen LogP contribution in [0.5, 0.6) is 5.75 Å². The number of para-hydroxylation sites is 1. The molecule has 8 heteroatoms. The molecule has 0 aliphatic carbocycles. The van der Waals surface area contributed by atoms with E-state index < -0.39 is 29.9 Å². The highest BCUT2D eigenvalue weighted by Crippen LogP contribution is 2.19. The van der Waals surface area contributed by atoms with Crippen molar-refractivity contribution >= 4 is 33.4 Å². The number of benzene rings is 2. The molecule has 0 aromatic heterocycles. The lowest BCUT2D eigenvalue weighted by Crippen LogP contribution is -2.38. The van der Waals surface area contributed by atoms with Gasteiger partial charge in [0.05, 0.1) is 6.54 Å². The van der Waals surface area contributed by atoms with Gasteiger partial charge >= 0.3 is 0 Å². The average molecular weight is 399 g/mol. The monoisotopic (exact) mass is 398 g/mol. The summed E-state index contributed by atoms with van der Waals surface area (Å²) in [6, 6.07) is 11.7. The first-order valence-corrected chi connectivity index (χ1v) is 7.65. The third kappa shape index (κ3) is 5.02. The van der Waals surface area contributed by atoms with E-state index >= 15 is 0 Å². The molecule has 0 bridgehead atoms. The smallest absolute Gasteiger partial charge is 0.274 e. The Bertz CT molecular complexity index is 726. The molecule has 2 amide bonds. The summed E-state index contributed by atoms with van der Waals surface area (Å²) in [5, 5.41) is 1.87. The van der Waals surface area contributed by atoms with Gasteiger partial charge in [0.1, 0.15) is 17.3 Å². The molecule has 24 heavy (non-hydrogen) atoms. The third-order valence-corrected chi connectivity index (χ3v) is 3.43. The number of ether oxygens (including phenoxy) is 1. The summed E-state index contributed by atoms with van der Waals surface area (Å²) < 4.78 is 33.2. The van der Waals surface area contributed by atoms with Gasteiger partial charge in [-0.1, -0.05) is 32.5 Å². The summed E-state index contributed by atoms with van der Waals surface area (Å²) in [6.45, 7) is -0.950. The van der Waals surface area contributed by atoms with E-state index in [9.17, 15) is 18.5 Å². The molecular weight excluding hydrogens is 386 g/mol. The fraction of sp³-hybridized carbons (Fsp3) is 0.125. The van der Waals surface area contributed by atoms with E-state index in [4.69, 9.17) is 4.74 Å². The molecule has 0 fully saturated rings. The van der Waals surface area contributed by atoms with E-state index in [0.29, 0.717) is 5.75 Å². The first kappa shape index (κ1) is 17.9. The normalized spacial score (nSPS) is 10.1. The van der Waals surface area contributed by atoms with Gasteiger partial charge in [0.15, 0.2) is 6.61 Å². The quantitative estimate of drug-likeness (QED) is 0.760. The van der Waals surface area contributed by atoms with Gasteiger partial charge < -0.3 is 10.1 Å². The number of nitrogens with zero attached hydrogens (tertiary/aromatic N) is 1. The van der Waals surface area contributed by atoms with Crippen LogP contribution in [0.25, 0.3) is 0 Å². The molecule has 2 aromatic rings. The number of carbonyl (C=O) groups excluding carboxylic acids is 2. The topological polar surface area (TPSA) is 58.6 Å². The molecule has 0 saturated carbocycles. The number of anilines is 1. The fourth-order valence-electron chi connectivity index (χ4n) is 1.72. The maximum atomic E-state index is 13.8. The summed E-state index contributed by atoms with van der Waals surface area (Å²) in [5.74, 6) is -2.11. The predicted octanol–water partition coefficient (Wildman–Crippen LogP) is 3.00. The van der Waals surface area contributed by atoms with Crippen LogP contribution in [0.2, 0.25) is 0 Å². The van der Waals surface area contributed by atoms with E-state index in [0.717, 1.165) is 16.6 Å². The second-order valence-corrected chi connectivity index (χ2v) is 5.56. The Balaban J connectivity index is 1.79. The number of hydrogen-bond donors (Lipinski definition) is 1. The lowest BCUT2D eigenvalue weighted by atomic mass is 10.3. The van der Waals surface area contributed by atoms with Crippen LogP contribution < -0.4 is 15.2 Å². The SMILES string of the molecule is O=C(COc1ccc(Br)cc1)NCC(=O)N(F)c1ccccc1F. The van der Waals surface area contributed by atoms with E-state index in [1.165, 1.54) is 12.1 Å². The Labute approximate surface area is 145 Å². The number of rotatable bonds is 6. The molecule has 2 rings (SSSR count). The van der Waals surface area contributed by atoms with Gasteiger partial charge in [0.2, 0.25) is 0 Å². The predicted molar refractivity (Wildman–Crippen MR) is 87.6 cm³/mol. The number of amides is 2. The number of halogens is 3. The minimum atomic E-state index is -1.10. The highest BCUT2D eigenvalue weighted by atomic mass is 79.9. The highest BCUT2D eigenvalue weighted by Gasteiger charge is 2.19. The second-order valence-electron chi connectivity index (χ2n) is 4.65. The van der Waals surface area contributed by atoms with Crippen molar-refractivity contribution in [2.24, 2.45) is 0 Å². The van der Waals surface area contributed by atoms with Crippen LogP contribution in [0.3, 0.4) is 0 Å². The van der Waals surface area contributed by atoms with Crippen LogP contribution in [-0.4, -0.2) is 25.0 Å². The zero-order chi connectivity index (χ0) is 17.5. The summed E-state index contributed by atoms with van der Waals surface area (Å²) >= 11 is 3.26. The van der Waals surface area contributed by atoms with Crippen molar-refractivity contribution in [1.29, 1.82) is 0 Å². The van der Waals surface area contributed by atoms with Crippen molar-refractivity contribution in [2.75, 3.05) is 18.3 Å². The van der Waals surface area contributed by atoms with E-state index in [1.807, 2.05) is 0 Å². The van der Waals surface area contributed by atoms with E-state index in [-0.39, 0.29) is 11.7 Å². The molecule has 0 unspecified atom stereocenters. The van der Waals surface area contributed by atoms with E-state index in [2.05, 4.69) is 21.2 Å². The number of hydrogen-bond acceptors (Lipinski definition) is 3. The van der Waals surface area contributed by atoms with Crippen molar-refractivity contribution in [2.45, 2.75) is 0 Å². The van der Waals surface area contributed by atoms with Gasteiger partial charge in [-0.05, 0) is 36.4 Å². The molecule has 2 aromatic carbocycles. The largest absolute Gasteiger partial charge is 0.484 e. The molecule has 0 atom stereocenters. The third-order valence-electron chi connectivity index (χ3n) is 2.90. The van der Waals surface area contributed by atoms with Crippen molar-refractivity contribution in [3.8, 4) is 5.75 Å². The zero-order valence-electron chi connectivity index (χ0n) is 12.3. The van der Waals surface area contributed by atoms with Gasteiger partial charge in [-0.25, -0.2) is 4.39 Å².